The summed E-state index contributed by atoms with van der Waals surface area (Å²) < 4.78 is 0. The summed E-state index contributed by atoms with van der Waals surface area (Å²) in [5.74, 6) is 2.29. The van der Waals surface area contributed by atoms with Crippen molar-refractivity contribution in [2.24, 2.45) is 5.16 Å². The molecule has 0 rings (SSSR count). The Morgan fingerprint density at radius 1 is 1.75 bits per heavy atom. The number of oxime groups is 1. The van der Waals surface area contributed by atoms with E-state index in [1.807, 2.05) is 13.8 Å². The van der Waals surface area contributed by atoms with E-state index in [2.05, 4.69) is 15.9 Å². The van der Waals surface area contributed by atoms with E-state index in [-0.39, 0.29) is 6.61 Å². The standard InChI is InChI=1S/C6H9NO/c1-4-5-8-7-6(2)3/h1H,5H2,2-3H3. The molecule has 0 saturated carbocycles. The molecule has 0 amide bonds. The second-order valence-corrected chi connectivity index (χ2v) is 1.52. The Morgan fingerprint density at radius 2 is 2.38 bits per heavy atom. The molecule has 2 nitrogen and oxygen atoms in total. The third-order valence-electron chi connectivity index (χ3n) is 0.395. The van der Waals surface area contributed by atoms with Gasteiger partial charge in [0.1, 0.15) is 0 Å². The molecule has 0 aromatic rings. The summed E-state index contributed by atoms with van der Waals surface area (Å²) in [6.45, 7) is 3.94. The van der Waals surface area contributed by atoms with Gasteiger partial charge < -0.3 is 4.84 Å². The van der Waals surface area contributed by atoms with Crippen LogP contribution in [0.4, 0.5) is 0 Å². The van der Waals surface area contributed by atoms with Crippen LogP contribution in [0.15, 0.2) is 5.16 Å². The molecule has 0 aliphatic rings. The number of nitrogens with zero attached hydrogens (tertiary/aromatic N) is 1. The fourth-order valence-electron chi connectivity index (χ4n) is 0.199. The fraction of sp³-hybridized carbons (Fsp3) is 0.500. The zero-order valence-electron chi connectivity index (χ0n) is 5.14. The lowest BCUT2D eigenvalue weighted by atomic mass is 10.5. The molecule has 44 valence electrons. The van der Waals surface area contributed by atoms with E-state index in [1.54, 1.807) is 0 Å². The second-order valence-electron chi connectivity index (χ2n) is 1.52. The van der Waals surface area contributed by atoms with Crippen LogP contribution in [-0.2, 0) is 4.84 Å². The minimum Gasteiger partial charge on any atom is -0.383 e. The summed E-state index contributed by atoms with van der Waals surface area (Å²) >= 11 is 0. The maximum absolute atomic E-state index is 4.87. The molecule has 0 aliphatic carbocycles. The van der Waals surface area contributed by atoms with Gasteiger partial charge in [-0.05, 0) is 13.8 Å². The highest BCUT2D eigenvalue weighted by molar-refractivity contribution is 5.78. The Hall–Kier alpha value is -0.970. The summed E-state index contributed by atoms with van der Waals surface area (Å²) in [6, 6.07) is 0. The van der Waals surface area contributed by atoms with Crippen molar-refractivity contribution in [1.82, 2.24) is 0 Å². The Balaban J connectivity index is 3.20. The first kappa shape index (κ1) is 7.03. The lowest BCUT2D eigenvalue weighted by molar-refractivity contribution is 0.179. The van der Waals surface area contributed by atoms with Crippen molar-refractivity contribution in [3.05, 3.63) is 0 Å². The first-order valence-electron chi connectivity index (χ1n) is 2.34. The molecule has 0 unspecified atom stereocenters. The highest BCUT2D eigenvalue weighted by atomic mass is 16.6. The number of terminal acetylenes is 1. The molecule has 0 aromatic carbocycles. The van der Waals surface area contributed by atoms with Gasteiger partial charge in [-0.25, -0.2) is 0 Å². The Morgan fingerprint density at radius 3 is 2.75 bits per heavy atom. The lowest BCUT2D eigenvalue weighted by Crippen LogP contribution is -1.86. The van der Waals surface area contributed by atoms with E-state index < -0.39 is 0 Å². The van der Waals surface area contributed by atoms with Crippen LogP contribution in [0.2, 0.25) is 0 Å². The molecular formula is C6H9NO. The monoisotopic (exact) mass is 111 g/mol. The Labute approximate surface area is 49.5 Å². The minimum atomic E-state index is 0.255. The molecule has 0 heterocycles. The van der Waals surface area contributed by atoms with Crippen molar-refractivity contribution in [3.63, 3.8) is 0 Å². The van der Waals surface area contributed by atoms with Crippen molar-refractivity contribution < 1.29 is 4.84 Å². The van der Waals surface area contributed by atoms with E-state index in [4.69, 9.17) is 6.42 Å². The normalized spacial score (nSPS) is 7.12. The van der Waals surface area contributed by atoms with Crippen LogP contribution in [0.1, 0.15) is 13.8 Å². The maximum Gasteiger partial charge on any atom is 0.177 e. The van der Waals surface area contributed by atoms with E-state index in [9.17, 15) is 0 Å². The fourth-order valence-corrected chi connectivity index (χ4v) is 0.199. The third-order valence-corrected chi connectivity index (χ3v) is 0.395. The molecule has 0 radical (unpaired) electrons. The smallest absolute Gasteiger partial charge is 0.177 e. The molecule has 2 heteroatoms. The van der Waals surface area contributed by atoms with Crippen molar-refractivity contribution in [1.29, 1.82) is 0 Å². The zero-order valence-corrected chi connectivity index (χ0v) is 5.14. The third kappa shape index (κ3) is 5.03. The summed E-state index contributed by atoms with van der Waals surface area (Å²) in [5.41, 5.74) is 0.875. The van der Waals surface area contributed by atoms with Crippen molar-refractivity contribution in [3.8, 4) is 12.3 Å². The van der Waals surface area contributed by atoms with Crippen LogP contribution in [0.5, 0.6) is 0 Å². The van der Waals surface area contributed by atoms with E-state index in [0.29, 0.717) is 0 Å². The van der Waals surface area contributed by atoms with Gasteiger partial charge in [0.05, 0.1) is 5.71 Å². The highest BCUT2D eigenvalue weighted by Gasteiger charge is 1.74. The van der Waals surface area contributed by atoms with Crippen molar-refractivity contribution >= 4 is 5.71 Å². The lowest BCUT2D eigenvalue weighted by Gasteiger charge is -1.89. The minimum absolute atomic E-state index is 0.255. The maximum atomic E-state index is 4.87. The molecule has 0 bridgehead atoms. The van der Waals surface area contributed by atoms with Gasteiger partial charge in [0, 0.05) is 0 Å². The van der Waals surface area contributed by atoms with Crippen LogP contribution in [0.3, 0.4) is 0 Å². The van der Waals surface area contributed by atoms with Gasteiger partial charge in [-0.15, -0.1) is 6.42 Å². The second kappa shape index (κ2) is 4.20. The van der Waals surface area contributed by atoms with Gasteiger partial charge in [-0.2, -0.15) is 0 Å². The number of hydrogen-bond acceptors (Lipinski definition) is 2. The molecule has 0 aromatic heterocycles. The number of hydrogen-bond donors (Lipinski definition) is 0. The molecule has 8 heavy (non-hydrogen) atoms. The molecule has 0 saturated heterocycles. The van der Waals surface area contributed by atoms with Gasteiger partial charge in [-0.1, -0.05) is 11.1 Å². The molecule has 0 spiro atoms. The summed E-state index contributed by atoms with van der Waals surface area (Å²) in [6.07, 6.45) is 4.87. The van der Waals surface area contributed by atoms with Crippen LogP contribution >= 0.6 is 0 Å². The van der Waals surface area contributed by atoms with Crippen LogP contribution in [-0.4, -0.2) is 12.3 Å². The topological polar surface area (TPSA) is 21.6 Å². The Kier molecular flexibility index (Phi) is 3.69. The molecule has 0 fully saturated rings. The zero-order chi connectivity index (χ0) is 6.41. The van der Waals surface area contributed by atoms with E-state index in [0.717, 1.165) is 5.71 Å². The SMILES string of the molecule is C#CCON=C(C)C. The van der Waals surface area contributed by atoms with Crippen LogP contribution in [0, 0.1) is 12.3 Å². The summed E-state index contributed by atoms with van der Waals surface area (Å²) in [5, 5.41) is 3.59. The molecule has 0 atom stereocenters. The van der Waals surface area contributed by atoms with Crippen LogP contribution < -0.4 is 0 Å². The summed E-state index contributed by atoms with van der Waals surface area (Å²) in [7, 11) is 0. The van der Waals surface area contributed by atoms with Gasteiger partial charge >= 0.3 is 0 Å². The van der Waals surface area contributed by atoms with E-state index >= 15 is 0 Å². The van der Waals surface area contributed by atoms with Gasteiger partial charge in [0.15, 0.2) is 6.61 Å². The predicted molar refractivity (Wildman–Crippen MR) is 33.6 cm³/mol. The van der Waals surface area contributed by atoms with E-state index in [1.165, 1.54) is 0 Å². The quantitative estimate of drug-likeness (QED) is 0.226. The van der Waals surface area contributed by atoms with Crippen molar-refractivity contribution in [2.75, 3.05) is 6.61 Å². The summed E-state index contributed by atoms with van der Waals surface area (Å²) in [4.78, 5) is 4.60. The Bertz CT molecular complexity index is 117. The highest BCUT2D eigenvalue weighted by Crippen LogP contribution is 1.76. The predicted octanol–water partition coefficient (Wildman–Crippen LogP) is 1.03. The molecular weight excluding hydrogens is 102 g/mol. The first-order chi connectivity index (χ1) is 3.77. The average molecular weight is 111 g/mol. The van der Waals surface area contributed by atoms with Gasteiger partial charge in [0.25, 0.3) is 0 Å². The number of rotatable bonds is 2. The van der Waals surface area contributed by atoms with Crippen molar-refractivity contribution in [2.45, 2.75) is 13.8 Å². The van der Waals surface area contributed by atoms with Gasteiger partial charge in [-0.3, -0.25) is 0 Å². The molecule has 0 aliphatic heterocycles. The molecule has 0 N–H and O–H groups in total. The van der Waals surface area contributed by atoms with Crippen LogP contribution in [0.25, 0.3) is 0 Å². The van der Waals surface area contributed by atoms with Gasteiger partial charge in [0.2, 0.25) is 0 Å². The average Bonchev–Trinajstić information content (AvgIpc) is 1.66. The first-order valence-corrected chi connectivity index (χ1v) is 2.34. The largest absolute Gasteiger partial charge is 0.383 e.